The predicted octanol–water partition coefficient (Wildman–Crippen LogP) is 3.16. The van der Waals surface area contributed by atoms with Crippen LogP contribution in [0.1, 0.15) is 33.1 Å². The Morgan fingerprint density at radius 1 is 1.10 bits per heavy atom. The predicted molar refractivity (Wildman–Crippen MR) is 112 cm³/mol. The second-order valence-corrected chi connectivity index (χ2v) is 9.00. The van der Waals surface area contributed by atoms with Crippen molar-refractivity contribution >= 4 is 0 Å². The molecule has 1 N–H and O–H groups in total. The van der Waals surface area contributed by atoms with E-state index in [1.807, 2.05) is 20.0 Å². The largest absolute Gasteiger partial charge is 0.507 e. The summed E-state index contributed by atoms with van der Waals surface area (Å²) in [6.45, 7) is 4.14. The summed E-state index contributed by atoms with van der Waals surface area (Å²) in [4.78, 5) is 2.17. The van der Waals surface area contributed by atoms with E-state index in [4.69, 9.17) is 4.74 Å². The molecule has 4 atom stereocenters. The normalized spacial score (nSPS) is 30.5. The number of phenols is 1. The van der Waals surface area contributed by atoms with Crippen LogP contribution in [0.3, 0.4) is 0 Å². The molecule has 8 nitrogen and oxygen atoms in total. The second-order valence-electron chi connectivity index (χ2n) is 9.00. The van der Waals surface area contributed by atoms with Crippen LogP contribution in [0.5, 0.6) is 11.6 Å². The summed E-state index contributed by atoms with van der Waals surface area (Å²) in [6, 6.07) is 8.58. The van der Waals surface area contributed by atoms with Crippen LogP contribution >= 0.6 is 0 Å². The van der Waals surface area contributed by atoms with Crippen LogP contribution in [-0.4, -0.2) is 65.4 Å². The van der Waals surface area contributed by atoms with E-state index < -0.39 is 17.8 Å². The molecule has 2 aliphatic rings. The summed E-state index contributed by atoms with van der Waals surface area (Å²) in [5, 5.41) is 26.3. The number of phenolic OH excluding ortho intramolecular Hbond substituents is 1. The first kappa shape index (κ1) is 19.9. The summed E-state index contributed by atoms with van der Waals surface area (Å²) in [7, 11) is 2.01. The lowest BCUT2D eigenvalue weighted by atomic mass is 9.82. The molecule has 2 bridgehead atoms. The third-order valence-corrected chi connectivity index (χ3v) is 7.19. The molecule has 162 valence electrons. The fourth-order valence-corrected chi connectivity index (χ4v) is 4.99. The van der Waals surface area contributed by atoms with Gasteiger partial charge in [-0.05, 0) is 51.9 Å². The number of halogens is 1. The lowest BCUT2D eigenvalue weighted by Crippen LogP contribution is -2.64. The van der Waals surface area contributed by atoms with Crippen LogP contribution < -0.4 is 4.74 Å². The van der Waals surface area contributed by atoms with E-state index >= 15 is 4.39 Å². The van der Waals surface area contributed by atoms with Crippen molar-refractivity contribution in [3.8, 4) is 28.6 Å². The van der Waals surface area contributed by atoms with Crippen molar-refractivity contribution < 1.29 is 14.2 Å². The first-order valence-corrected chi connectivity index (χ1v) is 10.4. The number of aromatic nitrogens is 5. The summed E-state index contributed by atoms with van der Waals surface area (Å²) in [5.74, 6) is 0.346. The topological polar surface area (TPSA) is 89.2 Å². The number of piperidine rings is 1. The summed E-state index contributed by atoms with van der Waals surface area (Å²) in [5.41, 5.74) is 1.17. The van der Waals surface area contributed by atoms with Crippen LogP contribution in [0.25, 0.3) is 16.9 Å². The molecule has 0 aliphatic carbocycles. The zero-order chi connectivity index (χ0) is 21.8. The van der Waals surface area contributed by atoms with Crippen molar-refractivity contribution in [3.05, 3.63) is 43.0 Å². The maximum absolute atomic E-state index is 15.3. The van der Waals surface area contributed by atoms with E-state index in [0.717, 1.165) is 18.5 Å². The maximum Gasteiger partial charge on any atom is 0.233 e. The highest BCUT2D eigenvalue weighted by Gasteiger charge is 2.60. The van der Waals surface area contributed by atoms with Crippen molar-refractivity contribution in [2.24, 2.45) is 0 Å². The van der Waals surface area contributed by atoms with Crippen LogP contribution in [0.2, 0.25) is 0 Å². The number of ether oxygens (including phenoxy) is 1. The van der Waals surface area contributed by atoms with Gasteiger partial charge >= 0.3 is 0 Å². The molecule has 5 rings (SSSR count). The Kier molecular flexibility index (Phi) is 4.47. The molecule has 2 saturated heterocycles. The number of hydrogen-bond acceptors (Lipinski definition) is 7. The van der Waals surface area contributed by atoms with Gasteiger partial charge in [-0.2, -0.15) is 0 Å². The molecule has 1 aromatic carbocycles. The van der Waals surface area contributed by atoms with Crippen molar-refractivity contribution in [3.63, 3.8) is 0 Å². The van der Waals surface area contributed by atoms with Gasteiger partial charge in [-0.15, -0.1) is 20.4 Å². The van der Waals surface area contributed by atoms with Crippen molar-refractivity contribution in [2.75, 3.05) is 7.05 Å². The average molecular weight is 424 g/mol. The van der Waals surface area contributed by atoms with Crippen molar-refractivity contribution in [2.45, 2.75) is 56.5 Å². The van der Waals surface area contributed by atoms with Gasteiger partial charge in [0.1, 0.15) is 24.5 Å². The number of aromatic hydroxyl groups is 1. The van der Waals surface area contributed by atoms with E-state index in [-0.39, 0.29) is 17.2 Å². The molecule has 0 radical (unpaired) electrons. The molecule has 31 heavy (non-hydrogen) atoms. The minimum Gasteiger partial charge on any atom is -0.507 e. The maximum atomic E-state index is 15.3. The van der Waals surface area contributed by atoms with Crippen LogP contribution in [0.4, 0.5) is 4.39 Å². The number of benzene rings is 1. The second kappa shape index (κ2) is 6.98. The van der Waals surface area contributed by atoms with E-state index in [1.54, 1.807) is 41.5 Å². The molecule has 9 heteroatoms. The minimum absolute atomic E-state index is 0.0609. The van der Waals surface area contributed by atoms with Gasteiger partial charge < -0.3 is 9.84 Å². The molecule has 0 unspecified atom stereocenters. The highest BCUT2D eigenvalue weighted by atomic mass is 19.1. The molecule has 4 heterocycles. The summed E-state index contributed by atoms with van der Waals surface area (Å²) in [6.07, 6.45) is 3.80. The van der Waals surface area contributed by atoms with Crippen LogP contribution in [0.15, 0.2) is 43.0 Å². The fraction of sp³-hybridized carbons (Fsp3) is 0.455. The summed E-state index contributed by atoms with van der Waals surface area (Å²) < 4.78 is 23.0. The molecule has 0 saturated carbocycles. The van der Waals surface area contributed by atoms with E-state index in [9.17, 15) is 5.11 Å². The Morgan fingerprint density at radius 3 is 2.55 bits per heavy atom. The van der Waals surface area contributed by atoms with Gasteiger partial charge in [0.2, 0.25) is 5.88 Å². The Balaban J connectivity index is 1.34. The average Bonchev–Trinajstić information content (AvgIpc) is 3.35. The third-order valence-electron chi connectivity index (χ3n) is 7.19. The number of alkyl halides is 1. The van der Waals surface area contributed by atoms with E-state index in [0.29, 0.717) is 17.7 Å². The Morgan fingerprint density at radius 2 is 1.87 bits per heavy atom. The molecule has 2 aliphatic heterocycles. The number of rotatable bonds is 4. The number of fused-ring (bicyclic) bond motifs is 2. The zero-order valence-corrected chi connectivity index (χ0v) is 17.7. The van der Waals surface area contributed by atoms with Gasteiger partial charge in [0, 0.05) is 29.7 Å². The van der Waals surface area contributed by atoms with E-state index in [1.165, 1.54) is 0 Å². The Labute approximate surface area is 179 Å². The lowest BCUT2D eigenvalue weighted by Gasteiger charge is -2.50. The highest BCUT2D eigenvalue weighted by molar-refractivity contribution is 5.68. The van der Waals surface area contributed by atoms with Crippen molar-refractivity contribution in [1.82, 2.24) is 29.9 Å². The van der Waals surface area contributed by atoms with Crippen LogP contribution in [0, 0.1) is 0 Å². The molecule has 0 spiro atoms. The first-order chi connectivity index (χ1) is 14.8. The van der Waals surface area contributed by atoms with Crippen LogP contribution in [-0.2, 0) is 0 Å². The minimum atomic E-state index is -1.11. The molecule has 3 aromatic rings. The Bertz CT molecular complexity index is 1090. The monoisotopic (exact) mass is 424 g/mol. The Hall–Kier alpha value is -3.07. The molecule has 0 amide bonds. The first-order valence-electron chi connectivity index (χ1n) is 10.4. The summed E-state index contributed by atoms with van der Waals surface area (Å²) >= 11 is 0. The number of nitrogens with zero attached hydrogens (tertiary/aromatic N) is 6. The fourth-order valence-electron chi connectivity index (χ4n) is 4.99. The molecule has 2 fully saturated rings. The van der Waals surface area contributed by atoms with E-state index in [2.05, 4.69) is 32.2 Å². The molecule has 2 aromatic heterocycles. The lowest BCUT2D eigenvalue weighted by molar-refractivity contribution is -0.0887. The zero-order valence-electron chi connectivity index (χ0n) is 17.7. The van der Waals surface area contributed by atoms with Gasteiger partial charge in [0.05, 0.1) is 16.9 Å². The van der Waals surface area contributed by atoms with Crippen molar-refractivity contribution in [1.29, 1.82) is 0 Å². The molecular weight excluding hydrogens is 399 g/mol. The standard InChI is InChI=1S/C22H25FN6O2/c1-21-8-9-22(2,28(21)3)20(23)18(11-21)31-19-7-6-16(26-27-19)15-5-4-14(10-17(15)30)29-12-24-25-13-29/h4-7,10,12-13,18,20,30H,8-9,11H2,1-3H3/t18-,20-,21-,22+/m0/s1. The van der Waals surface area contributed by atoms with Gasteiger partial charge in [0.25, 0.3) is 0 Å². The quantitative estimate of drug-likeness (QED) is 0.688. The smallest absolute Gasteiger partial charge is 0.233 e. The number of hydrogen-bond donors (Lipinski definition) is 1. The van der Waals surface area contributed by atoms with Gasteiger partial charge in [0.15, 0.2) is 6.17 Å². The van der Waals surface area contributed by atoms with Gasteiger partial charge in [-0.3, -0.25) is 9.47 Å². The van der Waals surface area contributed by atoms with Gasteiger partial charge in [-0.25, -0.2) is 4.39 Å². The molecular formula is C22H25FN6O2. The SMILES string of the molecule is CN1[C@@]2(C)CC[C@]1(C)[C@@H](F)[C@@H](Oc1ccc(-c3ccc(-n4cnnc4)cc3O)nn1)C2. The highest BCUT2D eigenvalue weighted by Crippen LogP contribution is 2.51. The van der Waals surface area contributed by atoms with Gasteiger partial charge in [-0.1, -0.05) is 0 Å². The third kappa shape index (κ3) is 3.15.